The Bertz CT molecular complexity index is 737. The number of nitrogens with one attached hydrogen (secondary N) is 1. The molecule has 2 aromatic rings. The molecule has 0 aliphatic carbocycles. The van der Waals surface area contributed by atoms with Gasteiger partial charge in [0.25, 0.3) is 5.91 Å². The first kappa shape index (κ1) is 15.4. The summed E-state index contributed by atoms with van der Waals surface area (Å²) in [4.78, 5) is 26.1. The van der Waals surface area contributed by atoms with Gasteiger partial charge in [-0.15, -0.1) is 0 Å². The molecule has 108 valence electrons. The molecule has 6 nitrogen and oxygen atoms in total. The van der Waals surface area contributed by atoms with E-state index in [2.05, 4.69) is 26.2 Å². The number of benzene rings is 1. The lowest BCUT2D eigenvalue weighted by molar-refractivity contribution is -0.385. The zero-order valence-corrected chi connectivity index (χ0v) is 13.1. The van der Waals surface area contributed by atoms with Gasteiger partial charge >= 0.3 is 5.69 Å². The molecule has 1 aromatic carbocycles. The number of carbonyl (C=O) groups excluding carboxylic acids is 1. The lowest BCUT2D eigenvalue weighted by Crippen LogP contribution is -2.15. The number of halogens is 2. The second-order valence-corrected chi connectivity index (χ2v) is 5.44. The number of anilines is 1. The highest BCUT2D eigenvalue weighted by atomic mass is 79.9. The minimum atomic E-state index is -0.724. The SMILES string of the molecule is Cc1cc(Br)ccc1NC(=O)c1ccnc(Cl)c1[N+](=O)[O-]. The third kappa shape index (κ3) is 3.37. The van der Waals surface area contributed by atoms with Gasteiger partial charge in [0.1, 0.15) is 5.56 Å². The second-order valence-electron chi connectivity index (χ2n) is 4.17. The minimum Gasteiger partial charge on any atom is -0.322 e. The maximum absolute atomic E-state index is 12.2. The van der Waals surface area contributed by atoms with Crippen LogP contribution in [0.2, 0.25) is 5.15 Å². The van der Waals surface area contributed by atoms with Crippen LogP contribution in [0.4, 0.5) is 11.4 Å². The average Bonchev–Trinajstić information content (AvgIpc) is 2.41. The van der Waals surface area contributed by atoms with E-state index >= 15 is 0 Å². The molecule has 1 aromatic heterocycles. The van der Waals surface area contributed by atoms with Crippen LogP contribution >= 0.6 is 27.5 Å². The first-order valence-corrected chi connectivity index (χ1v) is 6.93. The second kappa shape index (κ2) is 6.19. The minimum absolute atomic E-state index is 0.137. The molecule has 0 aliphatic rings. The molecule has 1 amide bonds. The zero-order valence-electron chi connectivity index (χ0n) is 10.8. The normalized spacial score (nSPS) is 10.2. The first-order valence-electron chi connectivity index (χ1n) is 5.76. The average molecular weight is 371 g/mol. The van der Waals surface area contributed by atoms with Crippen LogP contribution in [-0.2, 0) is 0 Å². The van der Waals surface area contributed by atoms with E-state index in [9.17, 15) is 14.9 Å². The standard InChI is InChI=1S/C13H9BrClN3O3/c1-7-6-8(14)2-3-10(7)17-13(19)9-4-5-16-12(15)11(9)18(20)21/h2-6H,1H3,(H,17,19). The number of amides is 1. The van der Waals surface area contributed by atoms with Gasteiger partial charge in [-0.05, 0) is 36.8 Å². The zero-order chi connectivity index (χ0) is 15.6. The quantitative estimate of drug-likeness (QED) is 0.503. The summed E-state index contributed by atoms with van der Waals surface area (Å²) < 4.78 is 0.871. The Kier molecular flexibility index (Phi) is 4.54. The van der Waals surface area contributed by atoms with Crippen LogP contribution in [-0.4, -0.2) is 15.8 Å². The highest BCUT2D eigenvalue weighted by Gasteiger charge is 2.25. The maximum atomic E-state index is 12.2. The first-order chi connectivity index (χ1) is 9.90. The van der Waals surface area contributed by atoms with E-state index in [1.165, 1.54) is 12.3 Å². The van der Waals surface area contributed by atoms with E-state index in [1.807, 2.05) is 13.0 Å². The molecular weight excluding hydrogens is 362 g/mol. The number of carbonyl (C=O) groups is 1. The Morgan fingerprint density at radius 2 is 2.14 bits per heavy atom. The Balaban J connectivity index is 2.37. The predicted molar refractivity (Wildman–Crippen MR) is 82.7 cm³/mol. The van der Waals surface area contributed by atoms with E-state index in [-0.39, 0.29) is 10.7 Å². The fourth-order valence-electron chi connectivity index (χ4n) is 1.74. The summed E-state index contributed by atoms with van der Waals surface area (Å²) in [5.74, 6) is -0.614. The maximum Gasteiger partial charge on any atom is 0.319 e. The Morgan fingerprint density at radius 1 is 1.43 bits per heavy atom. The molecule has 0 fully saturated rings. The highest BCUT2D eigenvalue weighted by molar-refractivity contribution is 9.10. The topological polar surface area (TPSA) is 85.1 Å². The Labute approximate surface area is 133 Å². The van der Waals surface area contributed by atoms with Crippen molar-refractivity contribution in [3.63, 3.8) is 0 Å². The summed E-state index contributed by atoms with van der Waals surface area (Å²) in [7, 11) is 0. The van der Waals surface area contributed by atoms with Crippen molar-refractivity contribution in [1.82, 2.24) is 4.98 Å². The summed E-state index contributed by atoms with van der Waals surface area (Å²) in [6.45, 7) is 1.81. The molecule has 0 radical (unpaired) electrons. The summed E-state index contributed by atoms with van der Waals surface area (Å²) in [5.41, 5.74) is 0.736. The van der Waals surface area contributed by atoms with E-state index in [1.54, 1.807) is 12.1 Å². The molecule has 0 atom stereocenters. The lowest BCUT2D eigenvalue weighted by atomic mass is 10.1. The van der Waals surface area contributed by atoms with E-state index in [0.717, 1.165) is 10.0 Å². The fraction of sp³-hybridized carbons (Fsp3) is 0.0769. The number of hydrogen-bond acceptors (Lipinski definition) is 4. The summed E-state index contributed by atoms with van der Waals surface area (Å²) in [6, 6.07) is 6.54. The summed E-state index contributed by atoms with van der Waals surface area (Å²) in [6.07, 6.45) is 1.25. The number of nitrogens with zero attached hydrogens (tertiary/aromatic N) is 2. The molecule has 1 heterocycles. The number of hydrogen-bond donors (Lipinski definition) is 1. The van der Waals surface area contributed by atoms with Crippen molar-refractivity contribution in [2.45, 2.75) is 6.92 Å². The Morgan fingerprint density at radius 3 is 2.76 bits per heavy atom. The van der Waals surface area contributed by atoms with Crippen LogP contribution in [0.3, 0.4) is 0 Å². The van der Waals surface area contributed by atoms with Crippen LogP contribution in [0.5, 0.6) is 0 Å². The molecule has 1 N–H and O–H groups in total. The van der Waals surface area contributed by atoms with Gasteiger partial charge < -0.3 is 5.32 Å². The monoisotopic (exact) mass is 369 g/mol. The Hall–Kier alpha value is -1.99. The summed E-state index contributed by atoms with van der Waals surface area (Å²) in [5, 5.41) is 13.3. The van der Waals surface area contributed by atoms with Gasteiger partial charge in [-0.25, -0.2) is 4.98 Å². The molecule has 21 heavy (non-hydrogen) atoms. The van der Waals surface area contributed by atoms with Crippen LogP contribution in [0.25, 0.3) is 0 Å². The predicted octanol–water partition coefficient (Wildman–Crippen LogP) is 3.97. The largest absolute Gasteiger partial charge is 0.322 e. The molecule has 0 spiro atoms. The van der Waals surface area contributed by atoms with Crippen molar-refractivity contribution in [2.24, 2.45) is 0 Å². The van der Waals surface area contributed by atoms with E-state index in [4.69, 9.17) is 11.6 Å². The molecule has 0 saturated carbocycles. The van der Waals surface area contributed by atoms with Gasteiger partial charge in [-0.2, -0.15) is 0 Å². The van der Waals surface area contributed by atoms with Gasteiger partial charge in [0.05, 0.1) is 4.92 Å². The molecule has 0 unspecified atom stereocenters. The van der Waals surface area contributed by atoms with Gasteiger partial charge in [-0.3, -0.25) is 14.9 Å². The molecule has 8 heteroatoms. The number of aromatic nitrogens is 1. The van der Waals surface area contributed by atoms with Crippen LogP contribution < -0.4 is 5.32 Å². The van der Waals surface area contributed by atoms with Crippen molar-refractivity contribution in [3.8, 4) is 0 Å². The fourth-order valence-corrected chi connectivity index (χ4v) is 2.45. The van der Waals surface area contributed by atoms with Crippen LogP contribution in [0, 0.1) is 17.0 Å². The smallest absolute Gasteiger partial charge is 0.319 e. The van der Waals surface area contributed by atoms with Gasteiger partial charge in [0, 0.05) is 16.4 Å². The van der Waals surface area contributed by atoms with Crippen molar-refractivity contribution in [3.05, 3.63) is 61.3 Å². The van der Waals surface area contributed by atoms with Crippen molar-refractivity contribution < 1.29 is 9.72 Å². The number of nitro groups is 1. The summed E-state index contributed by atoms with van der Waals surface area (Å²) >= 11 is 9.00. The van der Waals surface area contributed by atoms with Crippen molar-refractivity contribution in [2.75, 3.05) is 5.32 Å². The lowest BCUT2D eigenvalue weighted by Gasteiger charge is -2.09. The number of pyridine rings is 1. The number of aryl methyl sites for hydroxylation is 1. The molecule has 0 bridgehead atoms. The highest BCUT2D eigenvalue weighted by Crippen LogP contribution is 2.27. The molecule has 0 aliphatic heterocycles. The van der Waals surface area contributed by atoms with Gasteiger partial charge in [0.2, 0.25) is 5.15 Å². The molecule has 2 rings (SSSR count). The molecular formula is C13H9BrClN3O3. The van der Waals surface area contributed by atoms with Crippen molar-refractivity contribution in [1.29, 1.82) is 0 Å². The third-order valence-electron chi connectivity index (χ3n) is 2.74. The van der Waals surface area contributed by atoms with Gasteiger partial charge in [-0.1, -0.05) is 27.5 Å². The number of rotatable bonds is 3. The van der Waals surface area contributed by atoms with E-state index < -0.39 is 16.5 Å². The van der Waals surface area contributed by atoms with Gasteiger partial charge in [0.15, 0.2) is 0 Å². The molecule has 0 saturated heterocycles. The third-order valence-corrected chi connectivity index (χ3v) is 3.51. The van der Waals surface area contributed by atoms with Crippen molar-refractivity contribution >= 4 is 44.8 Å². The van der Waals surface area contributed by atoms with Crippen LogP contribution in [0.1, 0.15) is 15.9 Å². The van der Waals surface area contributed by atoms with Crippen LogP contribution in [0.15, 0.2) is 34.9 Å². The van der Waals surface area contributed by atoms with E-state index in [0.29, 0.717) is 5.69 Å².